The van der Waals surface area contributed by atoms with Crippen molar-refractivity contribution in [2.75, 3.05) is 0 Å². The van der Waals surface area contributed by atoms with Gasteiger partial charge in [0.05, 0.1) is 0 Å². The molecule has 0 amide bonds. The van der Waals surface area contributed by atoms with E-state index in [4.69, 9.17) is 11.6 Å². The zero-order valence-electron chi connectivity index (χ0n) is 10.9. The Bertz CT molecular complexity index is 628. The summed E-state index contributed by atoms with van der Waals surface area (Å²) in [4.78, 5) is 8.90. The Hall–Kier alpha value is -1.61. The fourth-order valence-electron chi connectivity index (χ4n) is 2.24. The number of rotatable bonds is 2. The molecule has 1 saturated carbocycles. The normalized spacial score (nSPS) is 14.7. The molecule has 0 bridgehead atoms. The molecule has 4 heteroatoms. The number of hydrogen-bond donors (Lipinski definition) is 1. The molecule has 1 aromatic heterocycles. The fraction of sp³-hybridized carbons (Fsp3) is 0.333. The molecule has 3 rings (SSSR count). The van der Waals surface area contributed by atoms with Crippen molar-refractivity contribution in [1.29, 1.82) is 0 Å². The number of phenolic OH excluding ortho intramolecular Hbond substituents is 1. The van der Waals surface area contributed by atoms with E-state index in [0.717, 1.165) is 22.4 Å². The van der Waals surface area contributed by atoms with Crippen LogP contribution in [0.15, 0.2) is 18.2 Å². The summed E-state index contributed by atoms with van der Waals surface area (Å²) in [7, 11) is 0. The van der Waals surface area contributed by atoms with Gasteiger partial charge in [0.2, 0.25) is 0 Å². The number of benzene rings is 1. The smallest absolute Gasteiger partial charge is 0.161 e. The van der Waals surface area contributed by atoms with Gasteiger partial charge in [-0.1, -0.05) is 11.6 Å². The first-order valence-corrected chi connectivity index (χ1v) is 6.77. The van der Waals surface area contributed by atoms with Crippen molar-refractivity contribution in [3.63, 3.8) is 0 Å². The van der Waals surface area contributed by atoms with Crippen LogP contribution in [0.2, 0.25) is 5.15 Å². The lowest BCUT2D eigenvalue weighted by Gasteiger charge is -2.08. The highest BCUT2D eigenvalue weighted by Crippen LogP contribution is 2.40. The molecular formula is C15H15ClN2O. The first-order valence-electron chi connectivity index (χ1n) is 6.39. The number of hydrogen-bond acceptors (Lipinski definition) is 3. The van der Waals surface area contributed by atoms with E-state index < -0.39 is 0 Å². The van der Waals surface area contributed by atoms with Gasteiger partial charge in [-0.3, -0.25) is 0 Å². The molecule has 2 aromatic rings. The summed E-state index contributed by atoms with van der Waals surface area (Å²) in [6.45, 7) is 3.75. The van der Waals surface area contributed by atoms with Crippen molar-refractivity contribution >= 4 is 11.6 Å². The minimum absolute atomic E-state index is 0.327. The minimum Gasteiger partial charge on any atom is -0.507 e. The van der Waals surface area contributed by atoms with Crippen LogP contribution in [-0.2, 0) is 0 Å². The Balaban J connectivity index is 2.11. The van der Waals surface area contributed by atoms with E-state index in [-0.39, 0.29) is 0 Å². The van der Waals surface area contributed by atoms with E-state index in [2.05, 4.69) is 9.97 Å². The third-order valence-electron chi connectivity index (χ3n) is 3.46. The average molecular weight is 275 g/mol. The second-order valence-electron chi connectivity index (χ2n) is 5.17. The van der Waals surface area contributed by atoms with Crippen LogP contribution in [0.3, 0.4) is 0 Å². The van der Waals surface area contributed by atoms with Gasteiger partial charge in [0.15, 0.2) is 5.82 Å². The molecule has 1 aliphatic rings. The minimum atomic E-state index is 0.327. The topological polar surface area (TPSA) is 46.0 Å². The van der Waals surface area contributed by atoms with Crippen LogP contribution in [-0.4, -0.2) is 15.1 Å². The van der Waals surface area contributed by atoms with Gasteiger partial charge in [-0.05, 0) is 56.0 Å². The number of aromatic hydroxyl groups is 1. The highest BCUT2D eigenvalue weighted by atomic mass is 35.5. The molecule has 98 valence electrons. The Labute approximate surface area is 117 Å². The molecule has 0 aliphatic heterocycles. The Kier molecular flexibility index (Phi) is 2.94. The van der Waals surface area contributed by atoms with Crippen LogP contribution in [0.25, 0.3) is 11.4 Å². The maximum Gasteiger partial charge on any atom is 0.161 e. The molecule has 1 fully saturated rings. The molecule has 3 nitrogen and oxygen atoms in total. The Morgan fingerprint density at radius 2 is 1.74 bits per heavy atom. The first-order chi connectivity index (χ1) is 9.04. The molecule has 1 aromatic carbocycles. The molecule has 1 heterocycles. The molecule has 0 spiro atoms. The lowest BCUT2D eigenvalue weighted by atomic mass is 10.1. The van der Waals surface area contributed by atoms with Crippen molar-refractivity contribution < 1.29 is 5.11 Å². The predicted molar refractivity (Wildman–Crippen MR) is 75.6 cm³/mol. The molecular weight excluding hydrogens is 260 g/mol. The molecule has 1 aliphatic carbocycles. The van der Waals surface area contributed by atoms with E-state index in [9.17, 15) is 5.11 Å². The largest absolute Gasteiger partial charge is 0.507 e. The van der Waals surface area contributed by atoms with Gasteiger partial charge >= 0.3 is 0 Å². The van der Waals surface area contributed by atoms with Crippen molar-refractivity contribution in [2.24, 2.45) is 0 Å². The van der Waals surface area contributed by atoms with Gasteiger partial charge in [-0.25, -0.2) is 9.97 Å². The lowest BCUT2D eigenvalue weighted by Crippen LogP contribution is -1.96. The maximum absolute atomic E-state index is 9.82. The number of nitrogens with zero attached hydrogens (tertiary/aromatic N) is 2. The van der Waals surface area contributed by atoms with Crippen LogP contribution in [0, 0.1) is 13.8 Å². The summed E-state index contributed by atoms with van der Waals surface area (Å²) >= 11 is 6.08. The van der Waals surface area contributed by atoms with Gasteiger partial charge in [-0.2, -0.15) is 0 Å². The third kappa shape index (κ3) is 2.43. The Morgan fingerprint density at radius 1 is 1.11 bits per heavy atom. The van der Waals surface area contributed by atoms with Crippen LogP contribution in [0.5, 0.6) is 5.75 Å². The number of aryl methyl sites for hydroxylation is 2. The summed E-state index contributed by atoms with van der Waals surface area (Å²) in [5, 5.41) is 10.3. The number of aromatic nitrogens is 2. The lowest BCUT2D eigenvalue weighted by molar-refractivity contribution is 0.467. The molecule has 19 heavy (non-hydrogen) atoms. The van der Waals surface area contributed by atoms with Gasteiger partial charge in [0.25, 0.3) is 0 Å². The van der Waals surface area contributed by atoms with Gasteiger partial charge in [0, 0.05) is 17.2 Å². The van der Waals surface area contributed by atoms with Crippen LogP contribution < -0.4 is 0 Å². The van der Waals surface area contributed by atoms with Crippen LogP contribution in [0.4, 0.5) is 0 Å². The van der Waals surface area contributed by atoms with E-state index in [1.165, 1.54) is 12.8 Å². The van der Waals surface area contributed by atoms with E-state index in [1.807, 2.05) is 32.0 Å². The number of phenols is 1. The summed E-state index contributed by atoms with van der Waals surface area (Å²) in [5.41, 5.74) is 3.58. The highest BCUT2D eigenvalue weighted by Gasteiger charge is 2.26. The summed E-state index contributed by atoms with van der Waals surface area (Å²) < 4.78 is 0. The molecule has 0 saturated heterocycles. The van der Waals surface area contributed by atoms with Gasteiger partial charge < -0.3 is 5.11 Å². The number of halogens is 1. The highest BCUT2D eigenvalue weighted by molar-refractivity contribution is 6.29. The second-order valence-corrected chi connectivity index (χ2v) is 5.56. The summed E-state index contributed by atoms with van der Waals surface area (Å²) in [5.74, 6) is 1.51. The first kappa shape index (κ1) is 12.4. The summed E-state index contributed by atoms with van der Waals surface area (Å²) in [6.07, 6.45) is 2.36. The molecule has 0 radical (unpaired) electrons. The zero-order chi connectivity index (χ0) is 13.6. The van der Waals surface area contributed by atoms with E-state index in [1.54, 1.807) is 0 Å². The molecule has 0 unspecified atom stereocenters. The maximum atomic E-state index is 9.82. The standard InChI is InChI=1S/C15H15ClN2O/c1-8-5-11(6-9(2)14(8)19)15-17-12(10-3-4-10)7-13(16)18-15/h5-7,10,19H,3-4H2,1-2H3. The zero-order valence-corrected chi connectivity index (χ0v) is 11.7. The quantitative estimate of drug-likeness (QED) is 0.842. The van der Waals surface area contributed by atoms with Crippen LogP contribution >= 0.6 is 11.6 Å². The van der Waals surface area contributed by atoms with Crippen molar-refractivity contribution in [2.45, 2.75) is 32.6 Å². The predicted octanol–water partition coefficient (Wildman–Crippen LogP) is 4.00. The summed E-state index contributed by atoms with van der Waals surface area (Å²) in [6, 6.07) is 5.64. The van der Waals surface area contributed by atoms with Crippen molar-refractivity contribution in [1.82, 2.24) is 9.97 Å². The van der Waals surface area contributed by atoms with Crippen molar-refractivity contribution in [3.8, 4) is 17.1 Å². The van der Waals surface area contributed by atoms with Gasteiger partial charge in [0.1, 0.15) is 10.9 Å². The van der Waals surface area contributed by atoms with Gasteiger partial charge in [-0.15, -0.1) is 0 Å². The average Bonchev–Trinajstić information content (AvgIpc) is 3.18. The fourth-order valence-corrected chi connectivity index (χ4v) is 2.43. The SMILES string of the molecule is Cc1cc(-c2nc(Cl)cc(C3CC3)n2)cc(C)c1O. The van der Waals surface area contributed by atoms with E-state index in [0.29, 0.717) is 22.6 Å². The second kappa shape index (κ2) is 4.49. The van der Waals surface area contributed by atoms with Crippen LogP contribution in [0.1, 0.15) is 35.6 Å². The third-order valence-corrected chi connectivity index (χ3v) is 3.65. The monoisotopic (exact) mass is 274 g/mol. The molecule has 0 atom stereocenters. The van der Waals surface area contributed by atoms with E-state index >= 15 is 0 Å². The van der Waals surface area contributed by atoms with Crippen molar-refractivity contribution in [3.05, 3.63) is 40.2 Å². The Morgan fingerprint density at radius 3 is 2.32 bits per heavy atom. The molecule has 1 N–H and O–H groups in total.